The molecule has 0 unspecified atom stereocenters. The molecule has 3 nitrogen and oxygen atoms in total. The molecular weight excluding hydrogens is 328 g/mol. The van der Waals surface area contributed by atoms with Gasteiger partial charge in [0.15, 0.2) is 0 Å². The van der Waals surface area contributed by atoms with E-state index in [9.17, 15) is 0 Å². The summed E-state index contributed by atoms with van der Waals surface area (Å²) in [4.78, 5) is 6.87. The lowest BCUT2D eigenvalue weighted by atomic mass is 10.1. The highest BCUT2D eigenvalue weighted by molar-refractivity contribution is 9.10. The first-order chi connectivity index (χ1) is 9.17. The Balaban J connectivity index is 3.08. The number of hydrogen-bond acceptors (Lipinski definition) is 3. The van der Waals surface area contributed by atoms with Gasteiger partial charge >= 0.3 is 0 Å². The summed E-state index contributed by atoms with van der Waals surface area (Å²) in [6.45, 7) is 5.93. The second-order valence-electron chi connectivity index (χ2n) is 4.43. The van der Waals surface area contributed by atoms with Crippen molar-refractivity contribution in [1.82, 2.24) is 4.98 Å². The minimum absolute atomic E-state index is 0.464. The van der Waals surface area contributed by atoms with Gasteiger partial charge in [0.2, 0.25) is 0 Å². The highest BCUT2D eigenvalue weighted by Crippen LogP contribution is 2.26. The second kappa shape index (κ2) is 8.77. The third-order valence-electron chi connectivity index (χ3n) is 3.25. The Bertz CT molecular complexity index is 386. The summed E-state index contributed by atoms with van der Waals surface area (Å²) < 4.78 is 6.18. The van der Waals surface area contributed by atoms with E-state index in [2.05, 4.69) is 39.7 Å². The van der Waals surface area contributed by atoms with Crippen molar-refractivity contribution in [2.24, 2.45) is 0 Å². The van der Waals surface area contributed by atoms with Gasteiger partial charge in [-0.3, -0.25) is 0 Å². The number of anilines is 1. The quantitative estimate of drug-likeness (QED) is 0.657. The normalized spacial score (nSPS) is 11.1. The molecule has 0 saturated carbocycles. The predicted molar refractivity (Wildman–Crippen MR) is 85.1 cm³/mol. The maximum absolute atomic E-state index is 6.05. The molecule has 1 heterocycles. The molecule has 0 atom stereocenters. The Morgan fingerprint density at radius 1 is 1.42 bits per heavy atom. The lowest BCUT2D eigenvalue weighted by molar-refractivity contribution is 0.202. The van der Waals surface area contributed by atoms with Gasteiger partial charge in [0, 0.05) is 35.9 Å². The van der Waals surface area contributed by atoms with E-state index in [1.54, 1.807) is 7.11 Å². The molecule has 0 amide bonds. The molecule has 19 heavy (non-hydrogen) atoms. The van der Waals surface area contributed by atoms with Gasteiger partial charge in [-0.15, -0.1) is 11.6 Å². The van der Waals surface area contributed by atoms with Crippen LogP contribution in [-0.4, -0.2) is 31.3 Å². The van der Waals surface area contributed by atoms with Crippen molar-refractivity contribution in [2.45, 2.75) is 38.6 Å². The van der Waals surface area contributed by atoms with Crippen LogP contribution in [0.2, 0.25) is 0 Å². The van der Waals surface area contributed by atoms with Crippen LogP contribution in [0.1, 0.15) is 32.3 Å². The number of methoxy groups -OCH3 is 1. The van der Waals surface area contributed by atoms with Crippen LogP contribution in [-0.2, 0) is 10.6 Å². The molecule has 0 bridgehead atoms. The predicted octanol–water partition coefficient (Wildman–Crippen LogP) is 4.22. The minimum atomic E-state index is 0.464. The smallest absolute Gasteiger partial charge is 0.133 e. The molecule has 0 aliphatic rings. The number of nitrogens with zero attached hydrogens (tertiary/aromatic N) is 2. The van der Waals surface area contributed by atoms with Crippen LogP contribution < -0.4 is 4.90 Å². The third-order valence-corrected chi connectivity index (χ3v) is 3.97. The molecule has 0 saturated heterocycles. The van der Waals surface area contributed by atoms with E-state index in [1.807, 2.05) is 12.3 Å². The second-order valence-corrected chi connectivity index (χ2v) is 5.61. The summed E-state index contributed by atoms with van der Waals surface area (Å²) in [6.07, 6.45) is 3.99. The van der Waals surface area contributed by atoms with E-state index >= 15 is 0 Å². The molecule has 108 valence electrons. The van der Waals surface area contributed by atoms with Crippen molar-refractivity contribution in [2.75, 3.05) is 25.2 Å². The highest BCUT2D eigenvalue weighted by atomic mass is 79.9. The first-order valence-electron chi connectivity index (χ1n) is 6.63. The molecule has 1 aromatic rings. The van der Waals surface area contributed by atoms with Crippen LogP contribution in [0.3, 0.4) is 0 Å². The van der Waals surface area contributed by atoms with Crippen LogP contribution in [0.15, 0.2) is 16.7 Å². The first-order valence-corrected chi connectivity index (χ1v) is 7.96. The van der Waals surface area contributed by atoms with Gasteiger partial charge in [0.05, 0.1) is 12.5 Å². The summed E-state index contributed by atoms with van der Waals surface area (Å²) in [5.41, 5.74) is 1.05. The van der Waals surface area contributed by atoms with Crippen LogP contribution in [0.4, 0.5) is 5.82 Å². The van der Waals surface area contributed by atoms with E-state index in [1.165, 1.54) is 0 Å². The number of alkyl halides is 1. The number of halogens is 2. The van der Waals surface area contributed by atoms with Crippen molar-refractivity contribution >= 4 is 33.3 Å². The first kappa shape index (κ1) is 16.7. The molecule has 0 fully saturated rings. The van der Waals surface area contributed by atoms with Crippen molar-refractivity contribution in [1.29, 1.82) is 0 Å². The SMILES string of the molecule is CCC(CC)N(CCOC)c1ncc(Br)cc1CCl. The fourth-order valence-electron chi connectivity index (χ4n) is 2.21. The van der Waals surface area contributed by atoms with E-state index < -0.39 is 0 Å². The lowest BCUT2D eigenvalue weighted by Gasteiger charge is -2.32. The van der Waals surface area contributed by atoms with E-state index in [4.69, 9.17) is 16.3 Å². The average Bonchev–Trinajstić information content (AvgIpc) is 2.43. The van der Waals surface area contributed by atoms with Crippen LogP contribution in [0.5, 0.6) is 0 Å². The molecule has 0 aliphatic carbocycles. The molecule has 1 aromatic heterocycles. The van der Waals surface area contributed by atoms with E-state index in [-0.39, 0.29) is 0 Å². The maximum atomic E-state index is 6.05. The minimum Gasteiger partial charge on any atom is -0.383 e. The summed E-state index contributed by atoms with van der Waals surface area (Å²) >= 11 is 9.50. The summed E-state index contributed by atoms with van der Waals surface area (Å²) in [5, 5.41) is 0. The molecule has 0 spiro atoms. The van der Waals surface area contributed by atoms with E-state index in [0.29, 0.717) is 18.5 Å². The molecule has 0 radical (unpaired) electrons. The Labute approximate surface area is 129 Å². The Morgan fingerprint density at radius 3 is 2.63 bits per heavy atom. The average molecular weight is 350 g/mol. The lowest BCUT2D eigenvalue weighted by Crippen LogP contribution is -2.38. The van der Waals surface area contributed by atoms with Crippen LogP contribution in [0, 0.1) is 0 Å². The van der Waals surface area contributed by atoms with Gasteiger partial charge in [0.25, 0.3) is 0 Å². The summed E-state index contributed by atoms with van der Waals surface area (Å²) in [7, 11) is 1.72. The van der Waals surface area contributed by atoms with E-state index in [0.717, 1.165) is 35.2 Å². The largest absolute Gasteiger partial charge is 0.383 e. The number of ether oxygens (including phenoxy) is 1. The van der Waals surface area contributed by atoms with Crippen LogP contribution in [0.25, 0.3) is 0 Å². The molecular formula is C14H22BrClN2O. The zero-order valence-electron chi connectivity index (χ0n) is 11.8. The summed E-state index contributed by atoms with van der Waals surface area (Å²) in [6, 6.07) is 2.50. The monoisotopic (exact) mass is 348 g/mol. The molecule has 1 rings (SSSR count). The Hall–Kier alpha value is -0.320. The third kappa shape index (κ3) is 4.62. The summed E-state index contributed by atoms with van der Waals surface area (Å²) in [5.74, 6) is 1.44. The van der Waals surface area contributed by atoms with Crippen molar-refractivity contribution in [3.05, 3.63) is 22.3 Å². The number of rotatable bonds is 8. The number of pyridine rings is 1. The van der Waals surface area contributed by atoms with Gasteiger partial charge in [-0.1, -0.05) is 13.8 Å². The molecule has 0 N–H and O–H groups in total. The standard InChI is InChI=1S/C14H22BrClN2O/c1-4-13(5-2)18(6-7-19-3)14-11(9-16)8-12(15)10-17-14/h8,10,13H,4-7,9H2,1-3H3. The molecule has 5 heteroatoms. The van der Waals surface area contributed by atoms with Gasteiger partial charge in [-0.2, -0.15) is 0 Å². The van der Waals surface area contributed by atoms with Gasteiger partial charge in [-0.25, -0.2) is 4.98 Å². The molecule has 0 aromatic carbocycles. The Morgan fingerprint density at radius 2 is 2.11 bits per heavy atom. The zero-order valence-corrected chi connectivity index (χ0v) is 14.2. The number of aromatic nitrogens is 1. The molecule has 0 aliphatic heterocycles. The topological polar surface area (TPSA) is 25.4 Å². The van der Waals surface area contributed by atoms with Gasteiger partial charge in [-0.05, 0) is 34.8 Å². The fourth-order valence-corrected chi connectivity index (χ4v) is 2.79. The van der Waals surface area contributed by atoms with Crippen molar-refractivity contribution < 1.29 is 4.74 Å². The zero-order chi connectivity index (χ0) is 14.3. The van der Waals surface area contributed by atoms with Crippen molar-refractivity contribution in [3.8, 4) is 0 Å². The van der Waals surface area contributed by atoms with Crippen LogP contribution >= 0.6 is 27.5 Å². The number of hydrogen-bond donors (Lipinski definition) is 0. The van der Waals surface area contributed by atoms with Crippen molar-refractivity contribution in [3.63, 3.8) is 0 Å². The van der Waals surface area contributed by atoms with Gasteiger partial charge in [0.1, 0.15) is 5.82 Å². The highest BCUT2D eigenvalue weighted by Gasteiger charge is 2.19. The fraction of sp³-hybridized carbons (Fsp3) is 0.643. The van der Waals surface area contributed by atoms with Gasteiger partial charge < -0.3 is 9.64 Å². The Kier molecular flexibility index (Phi) is 7.73. The maximum Gasteiger partial charge on any atom is 0.133 e.